The lowest BCUT2D eigenvalue weighted by Gasteiger charge is -2.29. The normalized spacial score (nSPS) is 18.1. The van der Waals surface area contributed by atoms with Crippen molar-refractivity contribution in [2.75, 3.05) is 14.2 Å². The standard InChI is InChI=1S/C13H16O2/c1-9-10(2)13(14-3,15-4)12-8-6-5-7-11(9)12/h5-8H,1-4H3. The van der Waals surface area contributed by atoms with Crippen LogP contribution in [0.25, 0.3) is 5.57 Å². The van der Waals surface area contributed by atoms with Gasteiger partial charge in [0, 0.05) is 19.8 Å². The maximum absolute atomic E-state index is 5.58. The van der Waals surface area contributed by atoms with E-state index in [9.17, 15) is 0 Å². The highest BCUT2D eigenvalue weighted by Crippen LogP contribution is 2.46. The molecule has 0 aliphatic heterocycles. The van der Waals surface area contributed by atoms with E-state index < -0.39 is 5.79 Å². The Labute approximate surface area is 90.5 Å². The van der Waals surface area contributed by atoms with Crippen molar-refractivity contribution in [3.05, 3.63) is 41.0 Å². The predicted octanol–water partition coefficient (Wildman–Crippen LogP) is 2.94. The first-order valence-electron chi connectivity index (χ1n) is 5.05. The molecule has 1 aliphatic rings. The molecule has 15 heavy (non-hydrogen) atoms. The zero-order valence-electron chi connectivity index (χ0n) is 9.63. The van der Waals surface area contributed by atoms with E-state index >= 15 is 0 Å². The molecule has 1 aliphatic carbocycles. The van der Waals surface area contributed by atoms with E-state index in [0.717, 1.165) is 11.1 Å². The van der Waals surface area contributed by atoms with Crippen LogP contribution in [-0.2, 0) is 15.3 Å². The fourth-order valence-electron chi connectivity index (χ4n) is 2.36. The smallest absolute Gasteiger partial charge is 0.218 e. The van der Waals surface area contributed by atoms with Crippen LogP contribution in [0.1, 0.15) is 25.0 Å². The Morgan fingerprint density at radius 2 is 1.60 bits per heavy atom. The summed E-state index contributed by atoms with van der Waals surface area (Å²) < 4.78 is 11.2. The lowest BCUT2D eigenvalue weighted by atomic mass is 10.0. The molecule has 0 heterocycles. The van der Waals surface area contributed by atoms with Gasteiger partial charge in [0.2, 0.25) is 5.79 Å². The van der Waals surface area contributed by atoms with E-state index in [1.54, 1.807) is 14.2 Å². The number of hydrogen-bond donors (Lipinski definition) is 0. The first-order chi connectivity index (χ1) is 7.17. The van der Waals surface area contributed by atoms with E-state index in [0.29, 0.717) is 0 Å². The highest BCUT2D eigenvalue weighted by molar-refractivity contribution is 5.77. The molecule has 0 radical (unpaired) electrons. The molecule has 0 saturated carbocycles. The molecule has 0 aromatic heterocycles. The van der Waals surface area contributed by atoms with Crippen molar-refractivity contribution in [1.29, 1.82) is 0 Å². The van der Waals surface area contributed by atoms with Crippen LogP contribution in [0.2, 0.25) is 0 Å². The number of rotatable bonds is 2. The monoisotopic (exact) mass is 204 g/mol. The van der Waals surface area contributed by atoms with Crippen molar-refractivity contribution in [3.8, 4) is 0 Å². The van der Waals surface area contributed by atoms with E-state index in [4.69, 9.17) is 9.47 Å². The molecule has 0 amide bonds. The zero-order chi connectivity index (χ0) is 11.1. The first kappa shape index (κ1) is 10.4. The lowest BCUT2D eigenvalue weighted by Crippen LogP contribution is -2.30. The molecule has 2 rings (SSSR count). The molecule has 0 N–H and O–H groups in total. The topological polar surface area (TPSA) is 18.5 Å². The number of fused-ring (bicyclic) bond motifs is 1. The molecule has 0 bridgehead atoms. The van der Waals surface area contributed by atoms with Crippen LogP contribution < -0.4 is 0 Å². The summed E-state index contributed by atoms with van der Waals surface area (Å²) in [5.74, 6) is -0.680. The minimum Gasteiger partial charge on any atom is -0.346 e. The van der Waals surface area contributed by atoms with Crippen LogP contribution in [0.3, 0.4) is 0 Å². The quantitative estimate of drug-likeness (QED) is 0.689. The van der Waals surface area contributed by atoms with Gasteiger partial charge in [-0.2, -0.15) is 0 Å². The summed E-state index contributed by atoms with van der Waals surface area (Å²) in [5, 5.41) is 0. The van der Waals surface area contributed by atoms with Crippen LogP contribution in [0.5, 0.6) is 0 Å². The van der Waals surface area contributed by atoms with E-state index in [1.807, 2.05) is 12.1 Å². The van der Waals surface area contributed by atoms with Gasteiger partial charge in [-0.3, -0.25) is 0 Å². The van der Waals surface area contributed by atoms with Gasteiger partial charge in [-0.25, -0.2) is 0 Å². The number of benzene rings is 1. The second-order valence-electron chi connectivity index (χ2n) is 3.82. The Balaban J connectivity index is 2.70. The highest BCUT2D eigenvalue weighted by atomic mass is 16.7. The van der Waals surface area contributed by atoms with Gasteiger partial charge >= 0.3 is 0 Å². The molecule has 0 saturated heterocycles. The van der Waals surface area contributed by atoms with Crippen LogP contribution in [0, 0.1) is 0 Å². The van der Waals surface area contributed by atoms with Crippen molar-refractivity contribution in [2.24, 2.45) is 0 Å². The fraction of sp³-hybridized carbons (Fsp3) is 0.385. The third-order valence-corrected chi connectivity index (χ3v) is 3.32. The molecule has 2 nitrogen and oxygen atoms in total. The molecule has 2 heteroatoms. The van der Waals surface area contributed by atoms with Gasteiger partial charge < -0.3 is 9.47 Å². The summed E-state index contributed by atoms with van der Waals surface area (Å²) in [6.07, 6.45) is 0. The van der Waals surface area contributed by atoms with Gasteiger partial charge in [0.1, 0.15) is 0 Å². The molecule has 1 aromatic rings. The van der Waals surface area contributed by atoms with Gasteiger partial charge in [0.25, 0.3) is 0 Å². The molecule has 0 unspecified atom stereocenters. The van der Waals surface area contributed by atoms with Gasteiger partial charge in [0.05, 0.1) is 0 Å². The van der Waals surface area contributed by atoms with Gasteiger partial charge in [-0.1, -0.05) is 24.3 Å². The molecule has 0 atom stereocenters. The van der Waals surface area contributed by atoms with Crippen molar-refractivity contribution in [1.82, 2.24) is 0 Å². The molecule has 80 valence electrons. The third-order valence-electron chi connectivity index (χ3n) is 3.32. The van der Waals surface area contributed by atoms with Crippen molar-refractivity contribution >= 4 is 5.57 Å². The number of ether oxygens (including phenoxy) is 2. The van der Waals surface area contributed by atoms with E-state index in [1.165, 1.54) is 11.1 Å². The van der Waals surface area contributed by atoms with Crippen LogP contribution >= 0.6 is 0 Å². The summed E-state index contributed by atoms with van der Waals surface area (Å²) >= 11 is 0. The molecular weight excluding hydrogens is 188 g/mol. The average Bonchev–Trinajstić information content (AvgIpc) is 2.51. The van der Waals surface area contributed by atoms with E-state index in [2.05, 4.69) is 26.0 Å². The van der Waals surface area contributed by atoms with Crippen LogP contribution in [-0.4, -0.2) is 14.2 Å². The largest absolute Gasteiger partial charge is 0.346 e. The van der Waals surface area contributed by atoms with Gasteiger partial charge in [-0.15, -0.1) is 0 Å². The van der Waals surface area contributed by atoms with Gasteiger partial charge in [0.15, 0.2) is 0 Å². The average molecular weight is 204 g/mol. The molecule has 0 fully saturated rings. The second kappa shape index (κ2) is 3.47. The summed E-state index contributed by atoms with van der Waals surface area (Å²) in [7, 11) is 3.37. The zero-order valence-corrected chi connectivity index (χ0v) is 9.63. The lowest BCUT2D eigenvalue weighted by molar-refractivity contribution is -0.184. The second-order valence-corrected chi connectivity index (χ2v) is 3.82. The van der Waals surface area contributed by atoms with Crippen molar-refractivity contribution < 1.29 is 9.47 Å². The Morgan fingerprint density at radius 1 is 1.00 bits per heavy atom. The Morgan fingerprint density at radius 3 is 2.20 bits per heavy atom. The van der Waals surface area contributed by atoms with Crippen molar-refractivity contribution in [3.63, 3.8) is 0 Å². The first-order valence-corrected chi connectivity index (χ1v) is 5.05. The van der Waals surface area contributed by atoms with Crippen molar-refractivity contribution in [2.45, 2.75) is 19.6 Å². The van der Waals surface area contributed by atoms with E-state index in [-0.39, 0.29) is 0 Å². The summed E-state index contributed by atoms with van der Waals surface area (Å²) in [6, 6.07) is 8.21. The van der Waals surface area contributed by atoms with Crippen LogP contribution in [0.15, 0.2) is 29.8 Å². The molecular formula is C13H16O2. The van der Waals surface area contributed by atoms with Crippen LogP contribution in [0.4, 0.5) is 0 Å². The maximum Gasteiger partial charge on any atom is 0.218 e. The fourth-order valence-corrected chi connectivity index (χ4v) is 2.36. The Hall–Kier alpha value is -1.12. The minimum absolute atomic E-state index is 0.680. The molecule has 1 aromatic carbocycles. The summed E-state index contributed by atoms with van der Waals surface area (Å²) in [5.41, 5.74) is 4.70. The maximum atomic E-state index is 5.58. The highest BCUT2D eigenvalue weighted by Gasteiger charge is 2.42. The van der Waals surface area contributed by atoms with Gasteiger partial charge in [-0.05, 0) is 30.6 Å². The minimum atomic E-state index is -0.680. The Kier molecular flexibility index (Phi) is 2.41. The summed E-state index contributed by atoms with van der Waals surface area (Å²) in [6.45, 7) is 4.16. The number of allylic oxidation sites excluding steroid dienone is 1. The predicted molar refractivity (Wildman–Crippen MR) is 60.4 cm³/mol. The third kappa shape index (κ3) is 1.18. The SMILES string of the molecule is COC1(OC)C(C)=C(C)c2ccccc21. The number of hydrogen-bond acceptors (Lipinski definition) is 2. The number of methoxy groups -OCH3 is 2. The molecule has 0 spiro atoms. The Bertz CT molecular complexity index is 414. The summed E-state index contributed by atoms with van der Waals surface area (Å²) in [4.78, 5) is 0.